The molecule has 80 valence electrons. The monoisotopic (exact) mass is 203 g/mol. The molecule has 2 N–H and O–H groups in total. The van der Waals surface area contributed by atoms with Crippen LogP contribution >= 0.6 is 0 Å². The van der Waals surface area contributed by atoms with Crippen LogP contribution in [0.15, 0.2) is 24.3 Å². The van der Waals surface area contributed by atoms with Gasteiger partial charge in [-0.25, -0.2) is 0 Å². The van der Waals surface area contributed by atoms with Crippen LogP contribution in [0.2, 0.25) is 0 Å². The third kappa shape index (κ3) is 1.58. The molecule has 0 radical (unpaired) electrons. The van der Waals surface area contributed by atoms with E-state index in [-0.39, 0.29) is 0 Å². The van der Waals surface area contributed by atoms with E-state index in [1.54, 1.807) is 0 Å². The summed E-state index contributed by atoms with van der Waals surface area (Å²) in [4.78, 5) is 0. The van der Waals surface area contributed by atoms with E-state index in [1.807, 2.05) is 6.07 Å². The molecular formula is C13H17NO. The average Bonchev–Trinajstić information content (AvgIpc) is 2.84. The van der Waals surface area contributed by atoms with Crippen molar-refractivity contribution in [2.75, 3.05) is 6.54 Å². The molecule has 1 aromatic rings. The van der Waals surface area contributed by atoms with E-state index in [9.17, 15) is 5.11 Å². The molecule has 0 amide bonds. The molecule has 1 heterocycles. The Morgan fingerprint density at radius 3 is 2.73 bits per heavy atom. The van der Waals surface area contributed by atoms with Gasteiger partial charge in [-0.2, -0.15) is 0 Å². The van der Waals surface area contributed by atoms with Crippen molar-refractivity contribution >= 4 is 0 Å². The van der Waals surface area contributed by atoms with E-state index < -0.39 is 5.60 Å². The Morgan fingerprint density at radius 2 is 2.07 bits per heavy atom. The Hall–Kier alpha value is -0.860. The van der Waals surface area contributed by atoms with E-state index in [0.717, 1.165) is 24.9 Å². The normalized spacial score (nSPS) is 27.9. The number of hydrogen-bond acceptors (Lipinski definition) is 2. The van der Waals surface area contributed by atoms with E-state index in [2.05, 4.69) is 23.5 Å². The summed E-state index contributed by atoms with van der Waals surface area (Å²) in [6, 6.07) is 8.82. The number of nitrogens with one attached hydrogen (secondary N) is 1. The average molecular weight is 203 g/mol. The highest BCUT2D eigenvalue weighted by Crippen LogP contribution is 2.48. The van der Waals surface area contributed by atoms with Gasteiger partial charge in [0.05, 0.1) is 5.60 Å². The topological polar surface area (TPSA) is 32.3 Å². The van der Waals surface area contributed by atoms with Gasteiger partial charge in [0, 0.05) is 6.04 Å². The maximum atomic E-state index is 10.2. The zero-order chi connectivity index (χ0) is 10.3. The Kier molecular flexibility index (Phi) is 2.08. The van der Waals surface area contributed by atoms with Crippen molar-refractivity contribution in [1.82, 2.24) is 5.32 Å². The molecule has 1 aliphatic heterocycles. The molecular weight excluding hydrogens is 186 g/mol. The first-order valence-electron chi connectivity index (χ1n) is 5.85. The first kappa shape index (κ1) is 9.37. The van der Waals surface area contributed by atoms with Gasteiger partial charge in [0.25, 0.3) is 0 Å². The summed E-state index contributed by atoms with van der Waals surface area (Å²) in [7, 11) is 0. The summed E-state index contributed by atoms with van der Waals surface area (Å²) in [5, 5.41) is 13.7. The smallest absolute Gasteiger partial charge is 0.0902 e. The predicted octanol–water partition coefficient (Wildman–Crippen LogP) is 2.09. The van der Waals surface area contributed by atoms with Crippen molar-refractivity contribution in [3.63, 3.8) is 0 Å². The fraction of sp³-hybridized carbons (Fsp3) is 0.538. The maximum absolute atomic E-state index is 10.2. The molecule has 2 aliphatic rings. The number of hydrogen-bond donors (Lipinski definition) is 2. The molecule has 3 rings (SSSR count). The molecule has 0 spiro atoms. The Bertz CT molecular complexity index is 365. The van der Waals surface area contributed by atoms with Crippen molar-refractivity contribution in [2.24, 2.45) is 0 Å². The molecule has 15 heavy (non-hydrogen) atoms. The molecule has 0 aromatic heterocycles. The van der Waals surface area contributed by atoms with Crippen LogP contribution in [0.5, 0.6) is 0 Å². The van der Waals surface area contributed by atoms with Crippen molar-refractivity contribution < 1.29 is 5.11 Å². The number of benzene rings is 1. The lowest BCUT2D eigenvalue weighted by atomic mass is 9.94. The van der Waals surface area contributed by atoms with E-state index in [4.69, 9.17) is 0 Å². The minimum Gasteiger partial charge on any atom is -0.385 e. The van der Waals surface area contributed by atoms with Gasteiger partial charge in [-0.3, -0.25) is 0 Å². The summed E-state index contributed by atoms with van der Waals surface area (Å²) in [6.45, 7) is 1.11. The minimum atomic E-state index is -0.499. The molecule has 2 fully saturated rings. The summed E-state index contributed by atoms with van der Waals surface area (Å²) in [5.41, 5.74) is 1.97. The van der Waals surface area contributed by atoms with Gasteiger partial charge in [-0.05, 0) is 43.4 Å². The highest BCUT2D eigenvalue weighted by molar-refractivity contribution is 5.38. The standard InChI is InChI=1S/C13H17NO/c15-13(7-8-13)11-5-2-1-4-10(11)12-6-3-9-14-12/h1-2,4-5,12,14-15H,3,6-9H2. The molecule has 0 bridgehead atoms. The predicted molar refractivity (Wildman–Crippen MR) is 59.6 cm³/mol. The van der Waals surface area contributed by atoms with Gasteiger partial charge in [0.15, 0.2) is 0 Å². The quantitative estimate of drug-likeness (QED) is 0.771. The number of aliphatic hydroxyl groups is 1. The van der Waals surface area contributed by atoms with Crippen molar-refractivity contribution in [1.29, 1.82) is 0 Å². The van der Waals surface area contributed by atoms with Crippen LogP contribution in [0.1, 0.15) is 42.9 Å². The Morgan fingerprint density at radius 1 is 1.27 bits per heavy atom. The third-order valence-electron chi connectivity index (χ3n) is 3.62. The largest absolute Gasteiger partial charge is 0.385 e. The van der Waals surface area contributed by atoms with Gasteiger partial charge in [0.1, 0.15) is 0 Å². The lowest BCUT2D eigenvalue weighted by molar-refractivity contribution is 0.149. The molecule has 1 saturated carbocycles. The Balaban J connectivity index is 1.98. The lowest BCUT2D eigenvalue weighted by Gasteiger charge is -2.19. The van der Waals surface area contributed by atoms with E-state index >= 15 is 0 Å². The summed E-state index contributed by atoms with van der Waals surface area (Å²) >= 11 is 0. The maximum Gasteiger partial charge on any atom is 0.0902 e. The summed E-state index contributed by atoms with van der Waals surface area (Å²) in [5.74, 6) is 0. The second-order valence-electron chi connectivity index (χ2n) is 4.77. The second-order valence-corrected chi connectivity index (χ2v) is 4.77. The zero-order valence-electron chi connectivity index (χ0n) is 8.87. The van der Waals surface area contributed by atoms with Gasteiger partial charge in [-0.1, -0.05) is 24.3 Å². The van der Waals surface area contributed by atoms with Crippen LogP contribution in [-0.4, -0.2) is 11.7 Å². The van der Waals surface area contributed by atoms with Crippen molar-refractivity contribution in [3.8, 4) is 0 Å². The van der Waals surface area contributed by atoms with E-state index in [0.29, 0.717) is 6.04 Å². The van der Waals surface area contributed by atoms with Crippen LogP contribution in [0.25, 0.3) is 0 Å². The van der Waals surface area contributed by atoms with Crippen molar-refractivity contribution in [3.05, 3.63) is 35.4 Å². The lowest BCUT2D eigenvalue weighted by Crippen LogP contribution is -2.18. The van der Waals surface area contributed by atoms with Gasteiger partial charge in [-0.15, -0.1) is 0 Å². The molecule has 1 atom stereocenters. The molecule has 2 nitrogen and oxygen atoms in total. The first-order valence-corrected chi connectivity index (χ1v) is 5.85. The van der Waals surface area contributed by atoms with Gasteiger partial charge in [0.2, 0.25) is 0 Å². The van der Waals surface area contributed by atoms with Crippen molar-refractivity contribution in [2.45, 2.75) is 37.3 Å². The fourth-order valence-corrected chi connectivity index (χ4v) is 2.56. The van der Waals surface area contributed by atoms with E-state index in [1.165, 1.54) is 18.4 Å². The minimum absolute atomic E-state index is 0.464. The van der Waals surface area contributed by atoms with Gasteiger partial charge >= 0.3 is 0 Å². The number of rotatable bonds is 2. The van der Waals surface area contributed by atoms with Crippen LogP contribution < -0.4 is 5.32 Å². The summed E-state index contributed by atoms with van der Waals surface area (Å²) < 4.78 is 0. The van der Waals surface area contributed by atoms with Crippen LogP contribution in [0.4, 0.5) is 0 Å². The fourth-order valence-electron chi connectivity index (χ4n) is 2.56. The second kappa shape index (κ2) is 3.32. The molecule has 1 aliphatic carbocycles. The highest BCUT2D eigenvalue weighted by Gasteiger charge is 2.44. The third-order valence-corrected chi connectivity index (χ3v) is 3.62. The van der Waals surface area contributed by atoms with Crippen LogP contribution in [0.3, 0.4) is 0 Å². The van der Waals surface area contributed by atoms with Gasteiger partial charge < -0.3 is 10.4 Å². The highest BCUT2D eigenvalue weighted by atomic mass is 16.3. The SMILES string of the molecule is OC1(c2ccccc2C2CCCN2)CC1. The first-order chi connectivity index (χ1) is 7.30. The molecule has 2 heteroatoms. The van der Waals surface area contributed by atoms with Crippen LogP contribution in [0, 0.1) is 0 Å². The molecule has 1 aromatic carbocycles. The zero-order valence-corrected chi connectivity index (χ0v) is 8.87. The molecule has 1 unspecified atom stereocenters. The van der Waals surface area contributed by atoms with Crippen LogP contribution in [-0.2, 0) is 5.60 Å². The molecule has 1 saturated heterocycles. The Labute approximate surface area is 90.3 Å². The summed E-state index contributed by atoms with van der Waals surface area (Å²) in [6.07, 6.45) is 4.30.